The van der Waals surface area contributed by atoms with Crippen molar-refractivity contribution in [2.75, 3.05) is 37.7 Å². The van der Waals surface area contributed by atoms with Gasteiger partial charge < -0.3 is 4.90 Å². The Hall–Kier alpha value is -1.45. The number of carbonyl (C=O) groups is 1. The Bertz CT molecular complexity index is 981. The van der Waals surface area contributed by atoms with Crippen LogP contribution in [0.1, 0.15) is 28.7 Å². The van der Waals surface area contributed by atoms with Gasteiger partial charge in [0.1, 0.15) is 0 Å². The van der Waals surface area contributed by atoms with Gasteiger partial charge in [0, 0.05) is 26.2 Å². The van der Waals surface area contributed by atoms with Crippen LogP contribution in [0.25, 0.3) is 0 Å². The molecule has 156 valence electrons. The van der Waals surface area contributed by atoms with E-state index in [0.29, 0.717) is 11.3 Å². The molecule has 2 heterocycles. The third-order valence-electron chi connectivity index (χ3n) is 6.03. The van der Waals surface area contributed by atoms with Crippen LogP contribution >= 0.6 is 0 Å². The Labute approximate surface area is 167 Å². The maximum Gasteiger partial charge on any atom is 0.243 e. The Balaban J connectivity index is 1.76. The van der Waals surface area contributed by atoms with Crippen LogP contribution in [0.15, 0.2) is 11.0 Å². The lowest BCUT2D eigenvalue weighted by Crippen LogP contribution is -2.52. The van der Waals surface area contributed by atoms with Crippen molar-refractivity contribution in [2.24, 2.45) is 5.92 Å². The molecule has 3 rings (SSSR count). The maximum atomic E-state index is 13.3. The summed E-state index contributed by atoms with van der Waals surface area (Å²) >= 11 is 0. The van der Waals surface area contributed by atoms with Crippen molar-refractivity contribution in [1.82, 2.24) is 9.21 Å². The summed E-state index contributed by atoms with van der Waals surface area (Å²) in [5.41, 5.74) is 3.41. The highest BCUT2D eigenvalue weighted by Crippen LogP contribution is 2.29. The largest absolute Gasteiger partial charge is 0.340 e. The molecule has 0 N–H and O–H groups in total. The van der Waals surface area contributed by atoms with Gasteiger partial charge in [-0.1, -0.05) is 6.07 Å². The zero-order valence-corrected chi connectivity index (χ0v) is 18.5. The second-order valence-electron chi connectivity index (χ2n) is 7.92. The Kier molecular flexibility index (Phi) is 5.64. The number of nitrogens with zero attached hydrogens (tertiary/aromatic N) is 2. The van der Waals surface area contributed by atoms with E-state index >= 15 is 0 Å². The molecule has 7 nitrogen and oxygen atoms in total. The molecule has 0 saturated carbocycles. The van der Waals surface area contributed by atoms with Gasteiger partial charge in [0.05, 0.1) is 22.3 Å². The van der Waals surface area contributed by atoms with Gasteiger partial charge in [0.2, 0.25) is 15.9 Å². The molecule has 1 unspecified atom stereocenters. The average molecular weight is 429 g/mol. The van der Waals surface area contributed by atoms with E-state index in [-0.39, 0.29) is 43.6 Å². The second kappa shape index (κ2) is 7.42. The molecular weight excluding hydrogens is 400 g/mol. The maximum absolute atomic E-state index is 13.3. The van der Waals surface area contributed by atoms with Crippen molar-refractivity contribution < 1.29 is 21.6 Å². The summed E-state index contributed by atoms with van der Waals surface area (Å²) in [5, 5.41) is 0. The zero-order chi connectivity index (χ0) is 20.9. The molecule has 1 aromatic carbocycles. The third kappa shape index (κ3) is 3.84. The Morgan fingerprint density at radius 1 is 1.00 bits per heavy atom. The number of amides is 1. The standard InChI is InChI=1S/C19H28N2O5S2/c1-13-11-14(2)16(4)18(15(13)3)28(25,26)21-8-6-20(7-9-21)19(22)17-5-10-27(23,24)12-17/h11,17H,5-10,12H2,1-4H3. The molecule has 0 spiro atoms. The summed E-state index contributed by atoms with van der Waals surface area (Å²) in [6, 6.07) is 2.00. The van der Waals surface area contributed by atoms with Gasteiger partial charge in [-0.25, -0.2) is 16.8 Å². The van der Waals surface area contributed by atoms with E-state index in [4.69, 9.17) is 0 Å². The first kappa shape index (κ1) is 21.3. The molecule has 2 aliphatic rings. The first-order chi connectivity index (χ1) is 12.9. The van der Waals surface area contributed by atoms with Crippen molar-refractivity contribution in [1.29, 1.82) is 0 Å². The number of piperazine rings is 1. The van der Waals surface area contributed by atoms with Crippen LogP contribution in [-0.4, -0.2) is 69.6 Å². The van der Waals surface area contributed by atoms with Crippen LogP contribution in [0.3, 0.4) is 0 Å². The lowest BCUT2D eigenvalue weighted by atomic mass is 10.0. The molecule has 2 saturated heterocycles. The van der Waals surface area contributed by atoms with Crippen LogP contribution in [0.4, 0.5) is 0 Å². The smallest absolute Gasteiger partial charge is 0.243 e. The minimum Gasteiger partial charge on any atom is -0.340 e. The second-order valence-corrected chi connectivity index (χ2v) is 12.0. The van der Waals surface area contributed by atoms with Gasteiger partial charge in [-0.05, 0) is 56.4 Å². The first-order valence-corrected chi connectivity index (χ1v) is 12.8. The van der Waals surface area contributed by atoms with E-state index in [0.717, 1.165) is 22.3 Å². The van der Waals surface area contributed by atoms with Gasteiger partial charge in [-0.3, -0.25) is 4.79 Å². The number of hydrogen-bond acceptors (Lipinski definition) is 5. The fourth-order valence-electron chi connectivity index (χ4n) is 4.09. The molecule has 1 aromatic rings. The SMILES string of the molecule is Cc1cc(C)c(C)c(S(=O)(=O)N2CCN(C(=O)C3CCS(=O)(=O)C3)CC2)c1C. The molecule has 9 heteroatoms. The highest BCUT2D eigenvalue weighted by molar-refractivity contribution is 7.91. The topological polar surface area (TPSA) is 91.8 Å². The summed E-state index contributed by atoms with van der Waals surface area (Å²) in [5.74, 6) is -0.692. The molecule has 0 aromatic heterocycles. The quantitative estimate of drug-likeness (QED) is 0.721. The van der Waals surface area contributed by atoms with Gasteiger partial charge in [-0.15, -0.1) is 0 Å². The molecule has 0 radical (unpaired) electrons. The molecular formula is C19H28N2O5S2. The number of aryl methyl sites for hydroxylation is 2. The lowest BCUT2D eigenvalue weighted by Gasteiger charge is -2.35. The van der Waals surface area contributed by atoms with E-state index in [1.807, 2.05) is 33.8 Å². The van der Waals surface area contributed by atoms with E-state index in [1.54, 1.807) is 4.90 Å². The molecule has 1 atom stereocenters. The average Bonchev–Trinajstić information content (AvgIpc) is 2.99. The third-order valence-corrected chi connectivity index (χ3v) is 9.97. The number of sulfonamides is 1. The molecule has 0 bridgehead atoms. The van der Waals surface area contributed by atoms with E-state index in [1.165, 1.54) is 4.31 Å². The van der Waals surface area contributed by atoms with E-state index in [9.17, 15) is 21.6 Å². The van der Waals surface area contributed by atoms with E-state index < -0.39 is 25.8 Å². The van der Waals surface area contributed by atoms with Gasteiger partial charge in [-0.2, -0.15) is 4.31 Å². The fraction of sp³-hybridized carbons (Fsp3) is 0.632. The molecule has 2 aliphatic heterocycles. The summed E-state index contributed by atoms with van der Waals surface area (Å²) < 4.78 is 51.3. The monoisotopic (exact) mass is 428 g/mol. The number of sulfone groups is 1. The Morgan fingerprint density at radius 2 is 1.54 bits per heavy atom. The van der Waals surface area contributed by atoms with Crippen LogP contribution in [0.2, 0.25) is 0 Å². The summed E-state index contributed by atoms with van der Waals surface area (Å²) in [4.78, 5) is 14.6. The van der Waals surface area contributed by atoms with Gasteiger partial charge >= 0.3 is 0 Å². The van der Waals surface area contributed by atoms with Crippen molar-refractivity contribution >= 4 is 25.8 Å². The molecule has 1 amide bonds. The van der Waals surface area contributed by atoms with Crippen molar-refractivity contribution in [2.45, 2.75) is 39.0 Å². The molecule has 0 aliphatic carbocycles. The zero-order valence-electron chi connectivity index (χ0n) is 16.9. The summed E-state index contributed by atoms with van der Waals surface area (Å²) in [6.45, 7) is 8.50. The fourth-order valence-corrected chi connectivity index (χ4v) is 7.82. The first-order valence-electron chi connectivity index (χ1n) is 9.51. The molecule has 28 heavy (non-hydrogen) atoms. The minimum atomic E-state index is -3.66. The summed E-state index contributed by atoms with van der Waals surface area (Å²) in [6.07, 6.45) is 0.362. The van der Waals surface area contributed by atoms with Crippen molar-refractivity contribution in [3.63, 3.8) is 0 Å². The van der Waals surface area contributed by atoms with Gasteiger partial charge in [0.15, 0.2) is 9.84 Å². The predicted molar refractivity (Wildman–Crippen MR) is 107 cm³/mol. The number of carbonyl (C=O) groups excluding carboxylic acids is 1. The van der Waals surface area contributed by atoms with Crippen LogP contribution in [-0.2, 0) is 24.7 Å². The van der Waals surface area contributed by atoms with Crippen molar-refractivity contribution in [3.8, 4) is 0 Å². The number of benzene rings is 1. The minimum absolute atomic E-state index is 0.0585. The summed E-state index contributed by atoms with van der Waals surface area (Å²) in [7, 11) is -6.78. The number of rotatable bonds is 3. The molecule has 2 fully saturated rings. The normalized spacial score (nSPS) is 23.1. The number of hydrogen-bond donors (Lipinski definition) is 0. The highest BCUT2D eigenvalue weighted by Gasteiger charge is 2.38. The van der Waals surface area contributed by atoms with Crippen LogP contribution in [0, 0.1) is 33.6 Å². The Morgan fingerprint density at radius 3 is 2.00 bits per heavy atom. The lowest BCUT2D eigenvalue weighted by molar-refractivity contribution is -0.135. The van der Waals surface area contributed by atoms with Crippen LogP contribution < -0.4 is 0 Å². The highest BCUT2D eigenvalue weighted by atomic mass is 32.2. The van der Waals surface area contributed by atoms with Crippen LogP contribution in [0.5, 0.6) is 0 Å². The van der Waals surface area contributed by atoms with Gasteiger partial charge in [0.25, 0.3) is 0 Å². The van der Waals surface area contributed by atoms with Crippen molar-refractivity contribution in [3.05, 3.63) is 28.3 Å². The predicted octanol–water partition coefficient (Wildman–Crippen LogP) is 1.19. The van der Waals surface area contributed by atoms with E-state index in [2.05, 4.69) is 0 Å².